The van der Waals surface area contributed by atoms with Crippen molar-refractivity contribution in [2.75, 3.05) is 32.8 Å². The Morgan fingerprint density at radius 1 is 1.39 bits per heavy atom. The summed E-state index contributed by atoms with van der Waals surface area (Å²) in [4.78, 5) is 20.5. The van der Waals surface area contributed by atoms with E-state index in [2.05, 4.69) is 34.4 Å². The number of ether oxygens (including phenoxy) is 1. The fourth-order valence-corrected chi connectivity index (χ4v) is 4.67. The van der Waals surface area contributed by atoms with Gasteiger partial charge >= 0.3 is 0 Å². The van der Waals surface area contributed by atoms with Crippen molar-refractivity contribution < 1.29 is 19.8 Å². The summed E-state index contributed by atoms with van der Waals surface area (Å²) in [5, 5.41) is 19.0. The normalized spacial score (nSPS) is 20.4. The number of hydrogen-bond donors (Lipinski definition) is 3. The smallest absolute Gasteiger partial charge is 0.276 e. The highest BCUT2D eigenvalue weighted by Gasteiger charge is 2.34. The van der Waals surface area contributed by atoms with Gasteiger partial charge < -0.3 is 14.7 Å². The first kappa shape index (κ1) is 25.0. The number of aliphatic imine (C=N–C) groups is 1. The number of hydroxylamine groups is 1. The Kier molecular flexibility index (Phi) is 9.05. The molecule has 0 radical (unpaired) electrons. The Balaban J connectivity index is 1.54. The summed E-state index contributed by atoms with van der Waals surface area (Å²) in [5.74, 6) is 1.67. The number of amides is 1. The molecule has 0 saturated carbocycles. The molecular formula is C25H36N4O4. The zero-order chi connectivity index (χ0) is 23.8. The van der Waals surface area contributed by atoms with Crippen LogP contribution in [0, 0.1) is 5.92 Å². The largest absolute Gasteiger partial charge is 0.488 e. The van der Waals surface area contributed by atoms with Gasteiger partial charge in [0.05, 0.1) is 18.2 Å². The Bertz CT molecular complexity index is 852. The van der Waals surface area contributed by atoms with Crippen LogP contribution in [0.25, 0.3) is 0 Å². The third-order valence-electron chi connectivity index (χ3n) is 6.70. The lowest BCUT2D eigenvalue weighted by molar-refractivity contribution is -0.124. The minimum atomic E-state index is -0.632. The minimum Gasteiger partial charge on any atom is -0.488 e. The summed E-state index contributed by atoms with van der Waals surface area (Å²) in [6.07, 6.45) is 5.65. The van der Waals surface area contributed by atoms with Crippen molar-refractivity contribution in [3.63, 3.8) is 0 Å². The quantitative estimate of drug-likeness (QED) is 0.132. The van der Waals surface area contributed by atoms with Crippen molar-refractivity contribution in [1.29, 1.82) is 0 Å². The van der Waals surface area contributed by atoms with Gasteiger partial charge in [0.25, 0.3) is 5.91 Å². The molecule has 1 aromatic rings. The number of carbonyl (C=O) groups excluding carboxylic acids is 1. The maximum Gasteiger partial charge on any atom is 0.276 e. The first-order valence-electron chi connectivity index (χ1n) is 11.7. The molecule has 1 saturated heterocycles. The summed E-state index contributed by atoms with van der Waals surface area (Å²) in [5.41, 5.74) is 3.01. The Morgan fingerprint density at radius 2 is 2.12 bits per heavy atom. The van der Waals surface area contributed by atoms with Crippen LogP contribution in [0.4, 0.5) is 0 Å². The predicted octanol–water partition coefficient (Wildman–Crippen LogP) is 2.38. The maximum atomic E-state index is 11.5. The van der Waals surface area contributed by atoms with Gasteiger partial charge in [-0.3, -0.25) is 14.9 Å². The molecule has 3 N–H and O–H groups in total. The number of aliphatic hydroxyl groups is 1. The molecule has 0 aliphatic carbocycles. The van der Waals surface area contributed by atoms with Crippen molar-refractivity contribution in [3.8, 4) is 5.75 Å². The van der Waals surface area contributed by atoms with E-state index in [1.165, 1.54) is 17.8 Å². The van der Waals surface area contributed by atoms with Crippen molar-refractivity contribution in [2.24, 2.45) is 10.9 Å². The number of carbonyl (C=O) groups is 1. The lowest BCUT2D eigenvalue weighted by atomic mass is 9.94. The van der Waals surface area contributed by atoms with Gasteiger partial charge in [0, 0.05) is 32.3 Å². The molecule has 0 bridgehead atoms. The summed E-state index contributed by atoms with van der Waals surface area (Å²) < 4.78 is 6.18. The summed E-state index contributed by atoms with van der Waals surface area (Å²) in [6.45, 7) is 11.3. The van der Waals surface area contributed by atoms with E-state index in [0.717, 1.165) is 57.0 Å². The molecule has 2 unspecified atom stereocenters. The summed E-state index contributed by atoms with van der Waals surface area (Å²) >= 11 is 0. The van der Waals surface area contributed by atoms with Gasteiger partial charge in [-0.05, 0) is 43.9 Å². The van der Waals surface area contributed by atoms with E-state index in [4.69, 9.17) is 9.94 Å². The molecule has 2 heterocycles. The van der Waals surface area contributed by atoms with Gasteiger partial charge in [-0.15, -0.1) is 0 Å². The van der Waals surface area contributed by atoms with Gasteiger partial charge in [-0.1, -0.05) is 37.8 Å². The Labute approximate surface area is 196 Å². The molecule has 2 aliphatic heterocycles. The number of piperidine rings is 1. The number of benzene rings is 1. The molecule has 1 amide bonds. The number of para-hydroxylation sites is 1. The highest BCUT2D eigenvalue weighted by Crippen LogP contribution is 2.31. The molecule has 2 aliphatic rings. The standard InChI is InChI=1S/C25H36N4O4/c1-4-20(25(31)27-32)15-26-18(3)29-12-10-19(11-13-29)16-28(5-2)22(17-30)24-14-21-8-6-7-9-23(21)33-24/h4,6-9,15,19,22,24,30,32H,1,5,10-14,16-17H2,2-3H3,(H,27,31)/b20-15+,26-18?. The number of rotatable bonds is 9. The number of nitrogens with zero attached hydrogens (tertiary/aromatic N) is 3. The minimum absolute atomic E-state index is 0.0242. The topological polar surface area (TPSA) is 97.6 Å². The second kappa shape index (κ2) is 12.0. The van der Waals surface area contributed by atoms with Crippen LogP contribution in [0.2, 0.25) is 0 Å². The van der Waals surface area contributed by atoms with E-state index in [1.54, 1.807) is 5.48 Å². The molecule has 1 aromatic carbocycles. The Morgan fingerprint density at radius 3 is 2.73 bits per heavy atom. The van der Waals surface area contributed by atoms with Gasteiger partial charge in [-0.25, -0.2) is 10.5 Å². The van der Waals surface area contributed by atoms with Crippen LogP contribution in [0.3, 0.4) is 0 Å². The second-order valence-corrected chi connectivity index (χ2v) is 8.64. The highest BCUT2D eigenvalue weighted by molar-refractivity contribution is 5.95. The first-order chi connectivity index (χ1) is 16.0. The van der Waals surface area contributed by atoms with Crippen molar-refractivity contribution in [3.05, 3.63) is 54.3 Å². The number of amidine groups is 1. The Hall–Kier alpha value is -2.68. The molecule has 33 heavy (non-hydrogen) atoms. The zero-order valence-corrected chi connectivity index (χ0v) is 19.6. The zero-order valence-electron chi connectivity index (χ0n) is 19.6. The SMILES string of the molecule is C=C/C(=C\N=C(C)N1CCC(CN(CC)C(CO)C2Cc3ccccc3O2)CC1)C(=O)NO. The maximum absolute atomic E-state index is 11.5. The van der Waals surface area contributed by atoms with E-state index < -0.39 is 5.91 Å². The highest BCUT2D eigenvalue weighted by atomic mass is 16.5. The van der Waals surface area contributed by atoms with E-state index in [0.29, 0.717) is 5.92 Å². The van der Waals surface area contributed by atoms with Crippen LogP contribution in [-0.2, 0) is 11.2 Å². The number of likely N-dealkylation sites (tertiary alicyclic amines) is 1. The van der Waals surface area contributed by atoms with Gasteiger partial charge in [0.2, 0.25) is 0 Å². The third kappa shape index (κ3) is 6.22. The van der Waals surface area contributed by atoms with Crippen molar-refractivity contribution in [1.82, 2.24) is 15.3 Å². The van der Waals surface area contributed by atoms with E-state index >= 15 is 0 Å². The van der Waals surface area contributed by atoms with E-state index in [-0.39, 0.29) is 24.3 Å². The fourth-order valence-electron chi connectivity index (χ4n) is 4.67. The first-order valence-corrected chi connectivity index (χ1v) is 11.7. The van der Waals surface area contributed by atoms with E-state index in [1.807, 2.05) is 25.1 Å². The van der Waals surface area contributed by atoms with Crippen LogP contribution in [0.1, 0.15) is 32.3 Å². The van der Waals surface area contributed by atoms with Gasteiger partial charge in [0.15, 0.2) is 0 Å². The second-order valence-electron chi connectivity index (χ2n) is 8.64. The number of hydrogen-bond acceptors (Lipinski definition) is 6. The lowest BCUT2D eigenvalue weighted by Gasteiger charge is -2.39. The van der Waals surface area contributed by atoms with Crippen LogP contribution >= 0.6 is 0 Å². The van der Waals surface area contributed by atoms with Crippen LogP contribution < -0.4 is 10.2 Å². The lowest BCUT2D eigenvalue weighted by Crippen LogP contribution is -2.50. The third-order valence-corrected chi connectivity index (χ3v) is 6.70. The van der Waals surface area contributed by atoms with Gasteiger partial charge in [0.1, 0.15) is 17.7 Å². The molecular weight excluding hydrogens is 420 g/mol. The van der Waals surface area contributed by atoms with Gasteiger partial charge in [-0.2, -0.15) is 0 Å². The number of likely N-dealkylation sites (N-methyl/N-ethyl adjacent to an activating group) is 1. The number of fused-ring (bicyclic) bond motifs is 1. The van der Waals surface area contributed by atoms with E-state index in [9.17, 15) is 9.90 Å². The molecule has 1 fully saturated rings. The molecule has 0 spiro atoms. The number of aliphatic hydroxyl groups excluding tert-OH is 1. The van der Waals surface area contributed by atoms with Crippen LogP contribution in [0.5, 0.6) is 5.75 Å². The average molecular weight is 457 g/mol. The molecule has 2 atom stereocenters. The molecule has 0 aromatic heterocycles. The van der Waals surface area contributed by atoms with Crippen LogP contribution in [-0.4, -0.2) is 76.8 Å². The summed E-state index contributed by atoms with van der Waals surface area (Å²) in [6, 6.07) is 8.10. The molecule has 3 rings (SSSR count). The molecule has 8 nitrogen and oxygen atoms in total. The molecule has 8 heteroatoms. The fraction of sp³-hybridized carbons (Fsp3) is 0.520. The van der Waals surface area contributed by atoms with Crippen molar-refractivity contribution in [2.45, 2.75) is 45.3 Å². The number of nitrogens with one attached hydrogen (secondary N) is 1. The monoisotopic (exact) mass is 456 g/mol. The summed E-state index contributed by atoms with van der Waals surface area (Å²) in [7, 11) is 0. The average Bonchev–Trinajstić information content (AvgIpc) is 3.28. The van der Waals surface area contributed by atoms with Crippen molar-refractivity contribution >= 4 is 11.7 Å². The predicted molar refractivity (Wildman–Crippen MR) is 128 cm³/mol. The van der Waals surface area contributed by atoms with Crippen LogP contribution in [0.15, 0.2) is 53.7 Å². The molecule has 180 valence electrons.